The molecule has 88 valence electrons. The van der Waals surface area contributed by atoms with Crippen LogP contribution < -0.4 is 11.1 Å². The summed E-state index contributed by atoms with van der Waals surface area (Å²) in [7, 11) is 0. The van der Waals surface area contributed by atoms with E-state index in [1.54, 1.807) is 12.1 Å². The zero-order valence-electron chi connectivity index (χ0n) is 9.53. The summed E-state index contributed by atoms with van der Waals surface area (Å²) in [4.78, 5) is 11.7. The summed E-state index contributed by atoms with van der Waals surface area (Å²) < 4.78 is 0. The number of carbonyl (C=O) groups is 1. The summed E-state index contributed by atoms with van der Waals surface area (Å²) in [5, 5.41) is 3.24. The van der Waals surface area contributed by atoms with Gasteiger partial charge in [-0.2, -0.15) is 0 Å². The average Bonchev–Trinajstić information content (AvgIpc) is 2.20. The van der Waals surface area contributed by atoms with Crippen molar-refractivity contribution in [2.75, 3.05) is 5.32 Å². The van der Waals surface area contributed by atoms with E-state index in [9.17, 15) is 4.79 Å². The largest absolute Gasteiger partial charge is 0.323 e. The standard InChI is InChI=1S/C12H17ClN2O/c1-8(2)7-10(14)12(16)15-11-6-4-3-5-9(11)13/h3-6,8,10H,7,14H2,1-2H3,(H,15,16)/t10-/m0/s1. The van der Waals surface area contributed by atoms with Gasteiger partial charge in [0.2, 0.25) is 5.91 Å². The molecule has 0 unspecified atom stereocenters. The van der Waals surface area contributed by atoms with Gasteiger partial charge in [-0.1, -0.05) is 37.6 Å². The molecule has 1 aromatic rings. The van der Waals surface area contributed by atoms with E-state index in [1.807, 2.05) is 26.0 Å². The molecule has 0 bridgehead atoms. The highest BCUT2D eigenvalue weighted by molar-refractivity contribution is 6.33. The fourth-order valence-electron chi connectivity index (χ4n) is 1.40. The van der Waals surface area contributed by atoms with Crippen LogP contribution in [0.15, 0.2) is 24.3 Å². The minimum atomic E-state index is -0.490. The quantitative estimate of drug-likeness (QED) is 0.850. The highest BCUT2D eigenvalue weighted by Crippen LogP contribution is 2.20. The molecule has 4 heteroatoms. The fraction of sp³-hybridized carbons (Fsp3) is 0.417. The van der Waals surface area contributed by atoms with E-state index in [-0.39, 0.29) is 5.91 Å². The second-order valence-electron chi connectivity index (χ2n) is 4.21. The lowest BCUT2D eigenvalue weighted by atomic mass is 10.0. The molecule has 0 fully saturated rings. The van der Waals surface area contributed by atoms with Crippen molar-refractivity contribution >= 4 is 23.2 Å². The van der Waals surface area contributed by atoms with Gasteiger partial charge >= 0.3 is 0 Å². The van der Waals surface area contributed by atoms with Gasteiger partial charge in [0.25, 0.3) is 0 Å². The Hall–Kier alpha value is -1.06. The van der Waals surface area contributed by atoms with Gasteiger partial charge in [-0.15, -0.1) is 0 Å². The van der Waals surface area contributed by atoms with E-state index in [2.05, 4.69) is 5.32 Å². The zero-order valence-corrected chi connectivity index (χ0v) is 10.3. The van der Waals surface area contributed by atoms with Crippen molar-refractivity contribution in [2.24, 2.45) is 11.7 Å². The second kappa shape index (κ2) is 5.87. The Kier molecular flexibility index (Phi) is 4.77. The van der Waals surface area contributed by atoms with E-state index >= 15 is 0 Å². The van der Waals surface area contributed by atoms with Crippen molar-refractivity contribution < 1.29 is 4.79 Å². The first kappa shape index (κ1) is 13.0. The summed E-state index contributed by atoms with van der Waals surface area (Å²) in [6.45, 7) is 4.06. The van der Waals surface area contributed by atoms with E-state index < -0.39 is 6.04 Å². The average molecular weight is 241 g/mol. The van der Waals surface area contributed by atoms with Crippen LogP contribution in [0.25, 0.3) is 0 Å². The monoisotopic (exact) mass is 240 g/mol. The Labute approximate surface area is 101 Å². The smallest absolute Gasteiger partial charge is 0.241 e. The van der Waals surface area contributed by atoms with Gasteiger partial charge in [-0.3, -0.25) is 4.79 Å². The number of hydrogen-bond acceptors (Lipinski definition) is 2. The molecule has 1 amide bonds. The molecular weight excluding hydrogens is 224 g/mol. The second-order valence-corrected chi connectivity index (χ2v) is 4.61. The van der Waals surface area contributed by atoms with Gasteiger partial charge in [-0.05, 0) is 24.5 Å². The van der Waals surface area contributed by atoms with Crippen LogP contribution in [0, 0.1) is 5.92 Å². The third-order valence-corrected chi connectivity index (χ3v) is 2.52. The highest BCUT2D eigenvalue weighted by Gasteiger charge is 2.15. The van der Waals surface area contributed by atoms with E-state index in [4.69, 9.17) is 17.3 Å². The number of rotatable bonds is 4. The topological polar surface area (TPSA) is 55.1 Å². The fourth-order valence-corrected chi connectivity index (χ4v) is 1.59. The van der Waals surface area contributed by atoms with Crippen LogP contribution in [-0.2, 0) is 4.79 Å². The van der Waals surface area contributed by atoms with Crippen molar-refractivity contribution in [3.63, 3.8) is 0 Å². The van der Waals surface area contributed by atoms with Crippen LogP contribution in [0.1, 0.15) is 20.3 Å². The molecule has 3 nitrogen and oxygen atoms in total. The van der Waals surface area contributed by atoms with Gasteiger partial charge < -0.3 is 11.1 Å². The normalized spacial score (nSPS) is 12.6. The van der Waals surface area contributed by atoms with Gasteiger partial charge in [0, 0.05) is 0 Å². The van der Waals surface area contributed by atoms with Crippen molar-refractivity contribution in [3.05, 3.63) is 29.3 Å². The summed E-state index contributed by atoms with van der Waals surface area (Å²) in [6, 6.07) is 6.62. The Morgan fingerprint density at radius 1 is 1.44 bits per heavy atom. The van der Waals surface area contributed by atoms with Crippen LogP contribution in [0.2, 0.25) is 5.02 Å². The molecule has 0 aliphatic rings. The molecule has 16 heavy (non-hydrogen) atoms. The first-order valence-electron chi connectivity index (χ1n) is 5.31. The van der Waals surface area contributed by atoms with Crippen molar-refractivity contribution in [1.82, 2.24) is 0 Å². The SMILES string of the molecule is CC(C)C[C@H](N)C(=O)Nc1ccccc1Cl. The van der Waals surface area contributed by atoms with E-state index in [0.29, 0.717) is 23.0 Å². The molecule has 1 rings (SSSR count). The van der Waals surface area contributed by atoms with Crippen LogP contribution in [0.5, 0.6) is 0 Å². The maximum absolute atomic E-state index is 11.7. The molecule has 0 aromatic heterocycles. The summed E-state index contributed by atoms with van der Waals surface area (Å²) in [6.07, 6.45) is 0.663. The number of para-hydroxylation sites is 1. The van der Waals surface area contributed by atoms with Crippen molar-refractivity contribution in [1.29, 1.82) is 0 Å². The Morgan fingerprint density at radius 2 is 2.06 bits per heavy atom. The number of benzene rings is 1. The Morgan fingerprint density at radius 3 is 2.62 bits per heavy atom. The molecular formula is C12H17ClN2O. The number of hydrogen-bond donors (Lipinski definition) is 2. The minimum Gasteiger partial charge on any atom is -0.323 e. The first-order valence-corrected chi connectivity index (χ1v) is 5.69. The zero-order chi connectivity index (χ0) is 12.1. The predicted molar refractivity (Wildman–Crippen MR) is 67.5 cm³/mol. The minimum absolute atomic E-state index is 0.193. The molecule has 0 aliphatic heterocycles. The van der Waals surface area contributed by atoms with Gasteiger partial charge in [-0.25, -0.2) is 0 Å². The van der Waals surface area contributed by atoms with Crippen LogP contribution in [0.4, 0.5) is 5.69 Å². The third kappa shape index (κ3) is 3.83. The number of nitrogens with two attached hydrogens (primary N) is 1. The lowest BCUT2D eigenvalue weighted by molar-refractivity contribution is -0.117. The molecule has 3 N–H and O–H groups in total. The lowest BCUT2D eigenvalue weighted by Crippen LogP contribution is -2.36. The van der Waals surface area contributed by atoms with Crippen molar-refractivity contribution in [3.8, 4) is 0 Å². The number of amides is 1. The van der Waals surface area contributed by atoms with Gasteiger partial charge in [0.1, 0.15) is 0 Å². The van der Waals surface area contributed by atoms with Crippen LogP contribution in [-0.4, -0.2) is 11.9 Å². The summed E-state index contributed by atoms with van der Waals surface area (Å²) >= 11 is 5.92. The summed E-state index contributed by atoms with van der Waals surface area (Å²) in [5.74, 6) is 0.203. The maximum Gasteiger partial charge on any atom is 0.241 e. The Balaban J connectivity index is 2.61. The lowest BCUT2D eigenvalue weighted by Gasteiger charge is -2.14. The number of carbonyl (C=O) groups excluding carboxylic acids is 1. The predicted octanol–water partition coefficient (Wildman–Crippen LogP) is 2.65. The molecule has 0 aliphatic carbocycles. The maximum atomic E-state index is 11.7. The molecule has 0 saturated heterocycles. The third-order valence-electron chi connectivity index (χ3n) is 2.19. The molecule has 0 heterocycles. The number of halogens is 1. The van der Waals surface area contributed by atoms with Crippen molar-refractivity contribution in [2.45, 2.75) is 26.3 Å². The van der Waals surface area contributed by atoms with Gasteiger partial charge in [0.15, 0.2) is 0 Å². The molecule has 1 aromatic carbocycles. The first-order chi connectivity index (χ1) is 7.50. The van der Waals surface area contributed by atoms with E-state index in [1.165, 1.54) is 0 Å². The van der Waals surface area contributed by atoms with Gasteiger partial charge in [0.05, 0.1) is 16.8 Å². The van der Waals surface area contributed by atoms with Crippen LogP contribution >= 0.6 is 11.6 Å². The number of anilines is 1. The molecule has 0 radical (unpaired) electrons. The van der Waals surface area contributed by atoms with E-state index in [0.717, 1.165) is 0 Å². The molecule has 0 spiro atoms. The molecule has 1 atom stereocenters. The Bertz CT molecular complexity index is 366. The van der Waals surface area contributed by atoms with Crippen LogP contribution in [0.3, 0.4) is 0 Å². The highest BCUT2D eigenvalue weighted by atomic mass is 35.5. The summed E-state index contributed by atoms with van der Waals surface area (Å²) in [5.41, 5.74) is 6.37. The number of nitrogens with one attached hydrogen (secondary N) is 1. The molecule has 0 saturated carbocycles.